The van der Waals surface area contributed by atoms with Gasteiger partial charge in [-0.2, -0.15) is 0 Å². The minimum Gasteiger partial charge on any atom is -0.465 e. The molecule has 0 unspecified atom stereocenters. The van der Waals surface area contributed by atoms with Crippen LogP contribution in [-0.4, -0.2) is 32.4 Å². The summed E-state index contributed by atoms with van der Waals surface area (Å²) in [5.74, 6) is 1.37. The highest BCUT2D eigenvalue weighted by Crippen LogP contribution is 2.22. The number of nitrogens with zero attached hydrogens (tertiary/aromatic N) is 1. The molecule has 0 aliphatic carbocycles. The summed E-state index contributed by atoms with van der Waals surface area (Å²) in [6, 6.07) is 1.56. The van der Waals surface area contributed by atoms with Crippen LogP contribution in [-0.2, 0) is 10.0 Å². The molecule has 0 saturated heterocycles. The Morgan fingerprint density at radius 3 is 2.37 bits per heavy atom. The molecule has 1 aromatic heterocycles. The first-order valence-electron chi connectivity index (χ1n) is 6.45. The molecule has 0 aromatic carbocycles. The van der Waals surface area contributed by atoms with Gasteiger partial charge in [0.05, 0.1) is 0 Å². The fourth-order valence-corrected chi connectivity index (χ4v) is 3.22. The van der Waals surface area contributed by atoms with Crippen LogP contribution in [0.2, 0.25) is 0 Å². The summed E-state index contributed by atoms with van der Waals surface area (Å²) in [5.41, 5.74) is 5.94. The molecule has 0 aliphatic rings. The molecule has 0 fully saturated rings. The van der Waals surface area contributed by atoms with Gasteiger partial charge in [0.1, 0.15) is 16.4 Å². The molecular weight excluding hydrogens is 264 g/mol. The van der Waals surface area contributed by atoms with Gasteiger partial charge in [-0.1, -0.05) is 13.8 Å². The summed E-state index contributed by atoms with van der Waals surface area (Å²) >= 11 is 0. The van der Waals surface area contributed by atoms with E-state index in [2.05, 4.69) is 0 Å². The maximum absolute atomic E-state index is 12.4. The van der Waals surface area contributed by atoms with Gasteiger partial charge in [-0.25, -0.2) is 12.7 Å². The van der Waals surface area contributed by atoms with E-state index in [-0.39, 0.29) is 10.9 Å². The Kier molecular flexibility index (Phi) is 5.18. The van der Waals surface area contributed by atoms with E-state index >= 15 is 0 Å². The third kappa shape index (κ3) is 3.81. The van der Waals surface area contributed by atoms with E-state index in [0.717, 1.165) is 0 Å². The highest BCUT2D eigenvalue weighted by Gasteiger charge is 2.25. The van der Waals surface area contributed by atoms with Gasteiger partial charge in [-0.05, 0) is 32.3 Å². The standard InChI is InChI=1S/C13H24N2O3S/c1-9(2)12(14)6-7-15(5)19(16,17)13-8-10(3)18-11(13)4/h8-9,12H,6-7,14H2,1-5H3/t12-/m0/s1. The summed E-state index contributed by atoms with van der Waals surface area (Å²) in [5, 5.41) is 0. The lowest BCUT2D eigenvalue weighted by Crippen LogP contribution is -2.34. The minimum atomic E-state index is -3.49. The van der Waals surface area contributed by atoms with Crippen LogP contribution in [0.15, 0.2) is 15.4 Å². The average molecular weight is 288 g/mol. The lowest BCUT2D eigenvalue weighted by molar-refractivity contribution is 0.396. The Morgan fingerprint density at radius 1 is 1.37 bits per heavy atom. The van der Waals surface area contributed by atoms with Crippen LogP contribution >= 0.6 is 0 Å². The van der Waals surface area contributed by atoms with Gasteiger partial charge < -0.3 is 10.2 Å². The second-order valence-corrected chi connectivity index (χ2v) is 7.31. The summed E-state index contributed by atoms with van der Waals surface area (Å²) in [7, 11) is -1.91. The lowest BCUT2D eigenvalue weighted by Gasteiger charge is -2.21. The Balaban J connectivity index is 2.81. The molecule has 0 amide bonds. The highest BCUT2D eigenvalue weighted by molar-refractivity contribution is 7.89. The van der Waals surface area contributed by atoms with Crippen molar-refractivity contribution in [2.75, 3.05) is 13.6 Å². The van der Waals surface area contributed by atoms with Crippen molar-refractivity contribution >= 4 is 10.0 Å². The molecule has 0 radical (unpaired) electrons. The number of sulfonamides is 1. The smallest absolute Gasteiger partial charge is 0.246 e. The van der Waals surface area contributed by atoms with E-state index < -0.39 is 10.0 Å². The van der Waals surface area contributed by atoms with Crippen LogP contribution in [0.5, 0.6) is 0 Å². The van der Waals surface area contributed by atoms with Crippen molar-refractivity contribution in [3.63, 3.8) is 0 Å². The van der Waals surface area contributed by atoms with Crippen LogP contribution in [0, 0.1) is 19.8 Å². The summed E-state index contributed by atoms with van der Waals surface area (Å²) in [6.45, 7) is 7.87. The summed E-state index contributed by atoms with van der Waals surface area (Å²) in [4.78, 5) is 0.241. The first-order chi connectivity index (χ1) is 8.66. The second kappa shape index (κ2) is 6.07. The molecule has 6 heteroatoms. The Bertz CT molecular complexity index is 520. The molecule has 1 heterocycles. The molecule has 0 spiro atoms. The fraction of sp³-hybridized carbons (Fsp3) is 0.692. The number of aryl methyl sites for hydroxylation is 2. The topological polar surface area (TPSA) is 76.5 Å². The first kappa shape index (κ1) is 16.2. The van der Waals surface area contributed by atoms with Crippen molar-refractivity contribution in [1.82, 2.24) is 4.31 Å². The third-order valence-electron chi connectivity index (χ3n) is 3.32. The summed E-state index contributed by atoms with van der Waals surface area (Å²) < 4.78 is 31.4. The zero-order chi connectivity index (χ0) is 14.8. The van der Waals surface area contributed by atoms with E-state index in [1.807, 2.05) is 13.8 Å². The predicted octanol–water partition coefficient (Wildman–Crippen LogP) is 1.89. The molecule has 1 rings (SSSR count). The molecule has 2 N–H and O–H groups in total. The fourth-order valence-electron chi connectivity index (χ4n) is 1.82. The van der Waals surface area contributed by atoms with Gasteiger partial charge >= 0.3 is 0 Å². The van der Waals surface area contributed by atoms with Crippen molar-refractivity contribution in [1.29, 1.82) is 0 Å². The molecule has 0 saturated carbocycles. The van der Waals surface area contributed by atoms with Gasteiger partial charge in [0.25, 0.3) is 0 Å². The van der Waals surface area contributed by atoms with Crippen molar-refractivity contribution in [3.8, 4) is 0 Å². The van der Waals surface area contributed by atoms with Crippen molar-refractivity contribution in [2.24, 2.45) is 11.7 Å². The second-order valence-electron chi connectivity index (χ2n) is 5.30. The summed E-state index contributed by atoms with van der Waals surface area (Å²) in [6.07, 6.45) is 0.642. The van der Waals surface area contributed by atoms with E-state index in [9.17, 15) is 8.42 Å². The maximum atomic E-state index is 12.4. The third-order valence-corrected chi connectivity index (χ3v) is 5.28. The SMILES string of the molecule is Cc1cc(S(=O)(=O)N(C)CC[C@H](N)C(C)C)c(C)o1. The maximum Gasteiger partial charge on any atom is 0.246 e. The first-order valence-corrected chi connectivity index (χ1v) is 7.89. The zero-order valence-electron chi connectivity index (χ0n) is 12.3. The Labute approximate surface area is 115 Å². The van der Waals surface area contributed by atoms with Crippen molar-refractivity contribution in [3.05, 3.63) is 17.6 Å². The van der Waals surface area contributed by atoms with Crippen LogP contribution in [0.4, 0.5) is 0 Å². The molecule has 1 aromatic rings. The number of hydrogen-bond donors (Lipinski definition) is 1. The van der Waals surface area contributed by atoms with E-state index in [1.54, 1.807) is 27.0 Å². The van der Waals surface area contributed by atoms with Gasteiger partial charge in [0.15, 0.2) is 0 Å². The van der Waals surface area contributed by atoms with Crippen molar-refractivity contribution in [2.45, 2.75) is 45.1 Å². The number of rotatable bonds is 6. The molecule has 19 heavy (non-hydrogen) atoms. The monoisotopic (exact) mass is 288 g/mol. The molecule has 0 bridgehead atoms. The van der Waals surface area contributed by atoms with Gasteiger partial charge in [-0.3, -0.25) is 0 Å². The number of furan rings is 1. The average Bonchev–Trinajstić information content (AvgIpc) is 2.65. The van der Waals surface area contributed by atoms with E-state index in [0.29, 0.717) is 30.4 Å². The van der Waals surface area contributed by atoms with Gasteiger partial charge in [-0.15, -0.1) is 0 Å². The normalized spacial score (nSPS) is 14.3. The Hall–Kier alpha value is -0.850. The molecular formula is C13H24N2O3S. The minimum absolute atomic E-state index is 0.00447. The van der Waals surface area contributed by atoms with Gasteiger partial charge in [0, 0.05) is 19.6 Å². The number of nitrogens with two attached hydrogens (primary N) is 1. The largest absolute Gasteiger partial charge is 0.465 e. The lowest BCUT2D eigenvalue weighted by atomic mass is 10.0. The number of hydrogen-bond acceptors (Lipinski definition) is 4. The molecule has 5 nitrogen and oxygen atoms in total. The van der Waals surface area contributed by atoms with E-state index in [4.69, 9.17) is 10.2 Å². The van der Waals surface area contributed by atoms with Crippen LogP contribution in [0.25, 0.3) is 0 Å². The van der Waals surface area contributed by atoms with Gasteiger partial charge in [0.2, 0.25) is 10.0 Å². The van der Waals surface area contributed by atoms with Crippen molar-refractivity contribution < 1.29 is 12.8 Å². The Morgan fingerprint density at radius 2 is 1.95 bits per heavy atom. The van der Waals surface area contributed by atoms with E-state index in [1.165, 1.54) is 4.31 Å². The molecule has 0 aliphatic heterocycles. The van der Waals surface area contributed by atoms with Crippen LogP contribution < -0.4 is 5.73 Å². The highest BCUT2D eigenvalue weighted by atomic mass is 32.2. The molecule has 1 atom stereocenters. The van der Waals surface area contributed by atoms with Crippen LogP contribution in [0.3, 0.4) is 0 Å². The molecule has 110 valence electrons. The zero-order valence-corrected chi connectivity index (χ0v) is 13.1. The quantitative estimate of drug-likeness (QED) is 0.867. The predicted molar refractivity (Wildman–Crippen MR) is 75.4 cm³/mol. The van der Waals surface area contributed by atoms with Crippen LogP contribution in [0.1, 0.15) is 31.8 Å².